The van der Waals surface area contributed by atoms with E-state index in [1.54, 1.807) is 0 Å². The molecular weight excluding hydrogens is 410 g/mol. The lowest BCUT2D eigenvalue weighted by Gasteiger charge is -2.34. The maximum Gasteiger partial charge on any atom is 0.256 e. The van der Waals surface area contributed by atoms with Crippen LogP contribution in [0.4, 0.5) is 11.4 Å². The summed E-state index contributed by atoms with van der Waals surface area (Å²) in [7, 11) is 0. The Labute approximate surface area is 198 Å². The molecule has 2 aromatic carbocycles. The second-order valence-electron chi connectivity index (χ2n) is 10.7. The maximum atomic E-state index is 13.4. The van der Waals surface area contributed by atoms with Gasteiger partial charge in [-0.2, -0.15) is 0 Å². The van der Waals surface area contributed by atoms with Gasteiger partial charge < -0.3 is 15.1 Å². The quantitative estimate of drug-likeness (QED) is 0.653. The standard InChI is InChI=1S/C28H37N3O2/c1-20-13-17-30(18-14-20)25-12-11-23(19-24(25)27(33)31-15-5-6-16-31)29-26(32)21-7-9-22(10-8-21)28(2,3)4/h7-12,19-20H,5-6,13-18H2,1-4H3,(H,29,32). The zero-order chi connectivity index (χ0) is 23.6. The van der Waals surface area contributed by atoms with Crippen LogP contribution >= 0.6 is 0 Å². The van der Waals surface area contributed by atoms with Gasteiger partial charge in [0.25, 0.3) is 11.8 Å². The fourth-order valence-electron chi connectivity index (χ4n) is 4.73. The number of hydrogen-bond donors (Lipinski definition) is 1. The van der Waals surface area contributed by atoms with E-state index >= 15 is 0 Å². The number of nitrogens with zero attached hydrogens (tertiary/aromatic N) is 2. The number of piperidine rings is 1. The molecule has 2 aliphatic rings. The molecular formula is C28H37N3O2. The van der Waals surface area contributed by atoms with Crippen LogP contribution in [0, 0.1) is 5.92 Å². The molecule has 1 N–H and O–H groups in total. The first-order chi connectivity index (χ1) is 15.7. The average Bonchev–Trinajstić information content (AvgIpc) is 3.34. The molecule has 176 valence electrons. The van der Waals surface area contributed by atoms with E-state index in [4.69, 9.17) is 0 Å². The fraction of sp³-hybridized carbons (Fsp3) is 0.500. The van der Waals surface area contributed by atoms with Crippen molar-refractivity contribution in [2.45, 2.75) is 58.8 Å². The van der Waals surface area contributed by atoms with Crippen molar-refractivity contribution in [2.75, 3.05) is 36.4 Å². The summed E-state index contributed by atoms with van der Waals surface area (Å²) in [5, 5.41) is 3.01. The molecule has 0 bridgehead atoms. The summed E-state index contributed by atoms with van der Waals surface area (Å²) in [5.74, 6) is 0.642. The van der Waals surface area contributed by atoms with E-state index in [1.807, 2.05) is 47.4 Å². The van der Waals surface area contributed by atoms with E-state index in [9.17, 15) is 9.59 Å². The van der Waals surface area contributed by atoms with Crippen molar-refractivity contribution < 1.29 is 9.59 Å². The summed E-state index contributed by atoms with van der Waals surface area (Å²) < 4.78 is 0. The molecule has 0 spiro atoms. The van der Waals surface area contributed by atoms with Crippen LogP contribution in [-0.4, -0.2) is 42.9 Å². The minimum atomic E-state index is -0.158. The van der Waals surface area contributed by atoms with Crippen molar-refractivity contribution in [3.05, 3.63) is 59.2 Å². The second kappa shape index (κ2) is 9.58. The van der Waals surface area contributed by atoms with Crippen LogP contribution in [0.3, 0.4) is 0 Å². The highest BCUT2D eigenvalue weighted by molar-refractivity contribution is 6.06. The van der Waals surface area contributed by atoms with Gasteiger partial charge in [-0.3, -0.25) is 9.59 Å². The van der Waals surface area contributed by atoms with Gasteiger partial charge in [-0.05, 0) is 72.9 Å². The van der Waals surface area contributed by atoms with E-state index in [2.05, 4.69) is 37.9 Å². The lowest BCUT2D eigenvalue weighted by Crippen LogP contribution is -2.35. The lowest BCUT2D eigenvalue weighted by molar-refractivity contribution is 0.0793. The normalized spacial score (nSPS) is 17.3. The van der Waals surface area contributed by atoms with Crippen LogP contribution in [0.25, 0.3) is 0 Å². The molecule has 4 rings (SSSR count). The van der Waals surface area contributed by atoms with Gasteiger partial charge >= 0.3 is 0 Å². The third-order valence-corrected chi connectivity index (χ3v) is 7.02. The summed E-state index contributed by atoms with van der Waals surface area (Å²) in [5.41, 5.74) is 4.21. The maximum absolute atomic E-state index is 13.4. The van der Waals surface area contributed by atoms with Crippen LogP contribution < -0.4 is 10.2 Å². The number of amides is 2. The van der Waals surface area contributed by atoms with Crippen molar-refractivity contribution >= 4 is 23.2 Å². The molecule has 0 radical (unpaired) electrons. The van der Waals surface area contributed by atoms with Crippen molar-refractivity contribution in [1.29, 1.82) is 0 Å². The number of benzene rings is 2. The molecule has 0 atom stereocenters. The predicted molar refractivity (Wildman–Crippen MR) is 135 cm³/mol. The van der Waals surface area contributed by atoms with Gasteiger partial charge in [-0.1, -0.05) is 39.8 Å². The Kier molecular flexibility index (Phi) is 6.78. The number of likely N-dealkylation sites (tertiary alicyclic amines) is 1. The van der Waals surface area contributed by atoms with Crippen molar-refractivity contribution in [2.24, 2.45) is 5.92 Å². The topological polar surface area (TPSA) is 52.7 Å². The number of nitrogens with one attached hydrogen (secondary N) is 1. The summed E-state index contributed by atoms with van der Waals surface area (Å²) >= 11 is 0. The Morgan fingerprint density at radius 2 is 1.55 bits per heavy atom. The summed E-state index contributed by atoms with van der Waals surface area (Å²) in [6, 6.07) is 13.6. The van der Waals surface area contributed by atoms with Crippen molar-refractivity contribution in [1.82, 2.24) is 4.90 Å². The molecule has 0 aromatic heterocycles. The molecule has 2 saturated heterocycles. The van der Waals surface area contributed by atoms with Gasteiger partial charge in [0, 0.05) is 43.1 Å². The molecule has 0 saturated carbocycles. The number of carbonyl (C=O) groups is 2. The van der Waals surface area contributed by atoms with Gasteiger partial charge in [0.1, 0.15) is 0 Å². The molecule has 2 heterocycles. The van der Waals surface area contributed by atoms with Crippen LogP contribution in [0.2, 0.25) is 0 Å². The zero-order valence-electron chi connectivity index (χ0n) is 20.5. The van der Waals surface area contributed by atoms with Crippen LogP contribution in [0.5, 0.6) is 0 Å². The zero-order valence-corrected chi connectivity index (χ0v) is 20.5. The highest BCUT2D eigenvalue weighted by Crippen LogP contribution is 2.31. The SMILES string of the molecule is CC1CCN(c2ccc(NC(=O)c3ccc(C(C)(C)C)cc3)cc2C(=O)N2CCCC2)CC1. The Hall–Kier alpha value is -2.82. The Bertz CT molecular complexity index is 993. The first kappa shape index (κ1) is 23.3. The fourth-order valence-corrected chi connectivity index (χ4v) is 4.73. The van der Waals surface area contributed by atoms with E-state index in [1.165, 1.54) is 5.56 Å². The Morgan fingerprint density at radius 1 is 0.909 bits per heavy atom. The van der Waals surface area contributed by atoms with Crippen LogP contribution in [0.1, 0.15) is 79.7 Å². The number of anilines is 2. The Morgan fingerprint density at radius 3 is 2.15 bits per heavy atom. The van der Waals surface area contributed by atoms with Crippen molar-refractivity contribution in [3.63, 3.8) is 0 Å². The highest BCUT2D eigenvalue weighted by Gasteiger charge is 2.26. The summed E-state index contributed by atoms with van der Waals surface area (Å²) in [6.07, 6.45) is 4.40. The average molecular weight is 448 g/mol. The summed E-state index contributed by atoms with van der Waals surface area (Å²) in [4.78, 5) is 30.6. The molecule has 0 aliphatic carbocycles. The third-order valence-electron chi connectivity index (χ3n) is 7.02. The van der Waals surface area contributed by atoms with Gasteiger partial charge in [-0.15, -0.1) is 0 Å². The van der Waals surface area contributed by atoms with E-state index in [0.717, 1.165) is 63.5 Å². The molecule has 2 amide bonds. The highest BCUT2D eigenvalue weighted by atomic mass is 16.2. The van der Waals surface area contributed by atoms with Gasteiger partial charge in [0.2, 0.25) is 0 Å². The predicted octanol–water partition coefficient (Wildman–Crippen LogP) is 5.71. The number of hydrogen-bond acceptors (Lipinski definition) is 3. The first-order valence-corrected chi connectivity index (χ1v) is 12.3. The first-order valence-electron chi connectivity index (χ1n) is 12.3. The van der Waals surface area contributed by atoms with E-state index in [-0.39, 0.29) is 17.2 Å². The molecule has 2 fully saturated rings. The molecule has 0 unspecified atom stereocenters. The minimum absolute atomic E-state index is 0.0436. The van der Waals surface area contributed by atoms with Crippen LogP contribution in [-0.2, 0) is 5.41 Å². The van der Waals surface area contributed by atoms with Gasteiger partial charge in [-0.25, -0.2) is 0 Å². The van der Waals surface area contributed by atoms with Crippen LogP contribution in [0.15, 0.2) is 42.5 Å². The molecule has 5 heteroatoms. The monoisotopic (exact) mass is 447 g/mol. The number of carbonyl (C=O) groups excluding carboxylic acids is 2. The lowest BCUT2D eigenvalue weighted by atomic mass is 9.87. The number of rotatable bonds is 4. The van der Waals surface area contributed by atoms with E-state index < -0.39 is 0 Å². The second-order valence-corrected chi connectivity index (χ2v) is 10.7. The Balaban J connectivity index is 1.57. The van der Waals surface area contributed by atoms with Crippen molar-refractivity contribution in [3.8, 4) is 0 Å². The summed E-state index contributed by atoms with van der Waals surface area (Å²) in [6.45, 7) is 12.3. The largest absolute Gasteiger partial charge is 0.371 e. The molecule has 5 nitrogen and oxygen atoms in total. The third kappa shape index (κ3) is 5.40. The smallest absolute Gasteiger partial charge is 0.256 e. The van der Waals surface area contributed by atoms with E-state index in [0.29, 0.717) is 16.8 Å². The molecule has 33 heavy (non-hydrogen) atoms. The van der Waals surface area contributed by atoms with Gasteiger partial charge in [0.05, 0.1) is 5.56 Å². The van der Waals surface area contributed by atoms with Gasteiger partial charge in [0.15, 0.2) is 0 Å². The molecule has 2 aliphatic heterocycles. The minimum Gasteiger partial charge on any atom is -0.371 e. The molecule has 2 aromatic rings.